The van der Waals surface area contributed by atoms with Crippen LogP contribution in [0, 0.1) is 0 Å². The SMILES string of the molecule is COCC(CCO)NC(=O)c1cccc(OC)c1. The smallest absolute Gasteiger partial charge is 0.251 e. The summed E-state index contributed by atoms with van der Waals surface area (Å²) >= 11 is 0. The van der Waals surface area contributed by atoms with Crippen molar-refractivity contribution in [3.8, 4) is 5.75 Å². The molecule has 0 saturated carbocycles. The van der Waals surface area contributed by atoms with Crippen molar-refractivity contribution in [1.29, 1.82) is 0 Å². The molecule has 1 aromatic carbocycles. The number of benzene rings is 1. The summed E-state index contributed by atoms with van der Waals surface area (Å²) in [5, 5.41) is 11.7. The summed E-state index contributed by atoms with van der Waals surface area (Å²) in [6.45, 7) is 0.378. The molecule has 0 heterocycles. The summed E-state index contributed by atoms with van der Waals surface area (Å²) in [5.41, 5.74) is 0.522. The number of ether oxygens (including phenoxy) is 2. The molecule has 1 unspecified atom stereocenters. The molecule has 18 heavy (non-hydrogen) atoms. The van der Waals surface area contributed by atoms with Crippen LogP contribution in [-0.2, 0) is 4.74 Å². The first kappa shape index (κ1) is 14.5. The van der Waals surface area contributed by atoms with Gasteiger partial charge < -0.3 is 19.9 Å². The molecule has 0 aliphatic rings. The van der Waals surface area contributed by atoms with Gasteiger partial charge in [-0.2, -0.15) is 0 Å². The second-order valence-corrected chi connectivity index (χ2v) is 3.87. The third-order valence-corrected chi connectivity index (χ3v) is 2.51. The van der Waals surface area contributed by atoms with E-state index in [4.69, 9.17) is 14.6 Å². The van der Waals surface area contributed by atoms with E-state index >= 15 is 0 Å². The highest BCUT2D eigenvalue weighted by atomic mass is 16.5. The molecule has 5 nitrogen and oxygen atoms in total. The van der Waals surface area contributed by atoms with E-state index in [0.29, 0.717) is 24.3 Å². The van der Waals surface area contributed by atoms with E-state index < -0.39 is 0 Å². The van der Waals surface area contributed by atoms with Crippen LogP contribution in [0.1, 0.15) is 16.8 Å². The van der Waals surface area contributed by atoms with Crippen LogP contribution in [0.3, 0.4) is 0 Å². The Morgan fingerprint density at radius 3 is 2.83 bits per heavy atom. The fourth-order valence-corrected chi connectivity index (χ4v) is 1.59. The second kappa shape index (κ2) is 7.68. The second-order valence-electron chi connectivity index (χ2n) is 3.87. The number of methoxy groups -OCH3 is 2. The quantitative estimate of drug-likeness (QED) is 0.755. The molecule has 100 valence electrons. The molecule has 1 rings (SSSR count). The van der Waals surface area contributed by atoms with E-state index in [9.17, 15) is 4.79 Å². The molecule has 5 heteroatoms. The Bertz CT molecular complexity index is 375. The summed E-state index contributed by atoms with van der Waals surface area (Å²) in [4.78, 5) is 12.0. The molecule has 0 aliphatic heterocycles. The predicted molar refractivity (Wildman–Crippen MR) is 67.8 cm³/mol. The van der Waals surface area contributed by atoms with Gasteiger partial charge in [0.2, 0.25) is 0 Å². The predicted octanol–water partition coefficient (Wildman–Crippen LogP) is 0.822. The molecule has 0 radical (unpaired) electrons. The van der Waals surface area contributed by atoms with Gasteiger partial charge in [0.15, 0.2) is 0 Å². The maximum atomic E-state index is 12.0. The number of aliphatic hydroxyl groups excluding tert-OH is 1. The van der Waals surface area contributed by atoms with Gasteiger partial charge >= 0.3 is 0 Å². The Labute approximate surface area is 107 Å². The number of carbonyl (C=O) groups is 1. The average Bonchev–Trinajstić information content (AvgIpc) is 2.39. The van der Waals surface area contributed by atoms with Crippen LogP contribution in [0.4, 0.5) is 0 Å². The molecule has 0 aliphatic carbocycles. The van der Waals surface area contributed by atoms with Crippen molar-refractivity contribution in [3.05, 3.63) is 29.8 Å². The molecule has 0 bridgehead atoms. The Hall–Kier alpha value is -1.59. The molecule has 0 spiro atoms. The zero-order chi connectivity index (χ0) is 13.4. The first-order valence-electron chi connectivity index (χ1n) is 5.76. The van der Waals surface area contributed by atoms with Crippen LogP contribution in [0.2, 0.25) is 0 Å². The van der Waals surface area contributed by atoms with Crippen molar-refractivity contribution < 1.29 is 19.4 Å². The third kappa shape index (κ3) is 4.35. The van der Waals surface area contributed by atoms with E-state index in [1.807, 2.05) is 0 Å². The van der Waals surface area contributed by atoms with Crippen molar-refractivity contribution in [1.82, 2.24) is 5.32 Å². The van der Waals surface area contributed by atoms with Gasteiger partial charge in [-0.15, -0.1) is 0 Å². The number of hydrogen-bond acceptors (Lipinski definition) is 4. The molecule has 2 N–H and O–H groups in total. The van der Waals surface area contributed by atoms with Gasteiger partial charge in [-0.3, -0.25) is 4.79 Å². The monoisotopic (exact) mass is 253 g/mol. The lowest BCUT2D eigenvalue weighted by Crippen LogP contribution is -2.38. The standard InChI is InChI=1S/C13H19NO4/c1-17-9-11(6-7-15)14-13(16)10-4-3-5-12(8-10)18-2/h3-5,8,11,15H,6-7,9H2,1-2H3,(H,14,16). The van der Waals surface area contributed by atoms with E-state index in [2.05, 4.69) is 5.32 Å². The topological polar surface area (TPSA) is 67.8 Å². The Morgan fingerprint density at radius 1 is 1.44 bits per heavy atom. The molecular formula is C13H19NO4. The highest BCUT2D eigenvalue weighted by Gasteiger charge is 2.13. The minimum Gasteiger partial charge on any atom is -0.497 e. The van der Waals surface area contributed by atoms with Crippen LogP contribution < -0.4 is 10.1 Å². The van der Waals surface area contributed by atoms with Gasteiger partial charge in [-0.05, 0) is 24.6 Å². The van der Waals surface area contributed by atoms with Gasteiger partial charge in [-0.1, -0.05) is 6.07 Å². The van der Waals surface area contributed by atoms with E-state index in [-0.39, 0.29) is 18.6 Å². The number of nitrogens with one attached hydrogen (secondary N) is 1. The molecule has 1 aromatic rings. The maximum absolute atomic E-state index is 12.0. The summed E-state index contributed by atoms with van der Waals surface area (Å²) in [7, 11) is 3.11. The number of amides is 1. The summed E-state index contributed by atoms with van der Waals surface area (Å²) in [6, 6.07) is 6.71. The van der Waals surface area contributed by atoms with Gasteiger partial charge in [0, 0.05) is 19.3 Å². The van der Waals surface area contributed by atoms with Crippen molar-refractivity contribution in [2.24, 2.45) is 0 Å². The van der Waals surface area contributed by atoms with Crippen LogP contribution in [0.25, 0.3) is 0 Å². The largest absolute Gasteiger partial charge is 0.497 e. The molecule has 1 amide bonds. The normalized spacial score (nSPS) is 11.9. The molecule has 0 aromatic heterocycles. The summed E-state index contributed by atoms with van der Waals surface area (Å²) in [6.07, 6.45) is 0.462. The zero-order valence-corrected chi connectivity index (χ0v) is 10.7. The van der Waals surface area contributed by atoms with E-state index in [1.165, 1.54) is 0 Å². The van der Waals surface area contributed by atoms with E-state index in [1.54, 1.807) is 38.5 Å². The van der Waals surface area contributed by atoms with Crippen molar-refractivity contribution in [2.75, 3.05) is 27.4 Å². The number of rotatable bonds is 7. The Kier molecular flexibility index (Phi) is 6.18. The Morgan fingerprint density at radius 2 is 2.22 bits per heavy atom. The lowest BCUT2D eigenvalue weighted by molar-refractivity contribution is 0.0878. The van der Waals surface area contributed by atoms with Crippen molar-refractivity contribution in [3.63, 3.8) is 0 Å². The van der Waals surface area contributed by atoms with Gasteiger partial charge in [0.05, 0.1) is 19.8 Å². The number of carbonyl (C=O) groups excluding carboxylic acids is 1. The van der Waals surface area contributed by atoms with Crippen LogP contribution in [0.15, 0.2) is 24.3 Å². The number of aliphatic hydroxyl groups is 1. The van der Waals surface area contributed by atoms with Gasteiger partial charge in [0.25, 0.3) is 5.91 Å². The number of hydrogen-bond donors (Lipinski definition) is 2. The lowest BCUT2D eigenvalue weighted by Gasteiger charge is -2.17. The highest BCUT2D eigenvalue weighted by molar-refractivity contribution is 5.94. The van der Waals surface area contributed by atoms with Gasteiger partial charge in [-0.25, -0.2) is 0 Å². The Balaban J connectivity index is 2.67. The average molecular weight is 253 g/mol. The van der Waals surface area contributed by atoms with Crippen molar-refractivity contribution in [2.45, 2.75) is 12.5 Å². The first-order chi connectivity index (χ1) is 8.71. The fourth-order valence-electron chi connectivity index (χ4n) is 1.59. The van der Waals surface area contributed by atoms with Gasteiger partial charge in [0.1, 0.15) is 5.75 Å². The fraction of sp³-hybridized carbons (Fsp3) is 0.462. The van der Waals surface area contributed by atoms with Crippen LogP contribution in [-0.4, -0.2) is 44.5 Å². The van der Waals surface area contributed by atoms with E-state index in [0.717, 1.165) is 0 Å². The summed E-state index contributed by atoms with van der Waals surface area (Å²) < 4.78 is 10.0. The molecular weight excluding hydrogens is 234 g/mol. The minimum atomic E-state index is -0.204. The van der Waals surface area contributed by atoms with Crippen LogP contribution in [0.5, 0.6) is 5.75 Å². The highest BCUT2D eigenvalue weighted by Crippen LogP contribution is 2.12. The molecule has 0 saturated heterocycles. The van der Waals surface area contributed by atoms with Crippen LogP contribution >= 0.6 is 0 Å². The molecule has 0 fully saturated rings. The molecule has 1 atom stereocenters. The third-order valence-electron chi connectivity index (χ3n) is 2.51. The minimum absolute atomic E-state index is 0.00637. The maximum Gasteiger partial charge on any atom is 0.251 e. The summed E-state index contributed by atoms with van der Waals surface area (Å²) in [5.74, 6) is 0.428. The van der Waals surface area contributed by atoms with Crippen molar-refractivity contribution >= 4 is 5.91 Å². The first-order valence-corrected chi connectivity index (χ1v) is 5.76. The lowest BCUT2D eigenvalue weighted by atomic mass is 10.1. The zero-order valence-electron chi connectivity index (χ0n) is 10.7.